The summed E-state index contributed by atoms with van der Waals surface area (Å²) in [6.07, 6.45) is 0. The van der Waals surface area contributed by atoms with Crippen molar-refractivity contribution in [1.82, 2.24) is 9.55 Å². The molecular formula is C15H11ClFN3O. The Bertz CT molecular complexity index is 861. The Labute approximate surface area is 124 Å². The zero-order chi connectivity index (χ0) is 14.6. The number of para-hydroxylation sites is 1. The topological polar surface area (TPSA) is 53.1 Å². The maximum Gasteiger partial charge on any atom is 0.201 e. The molecule has 0 bridgehead atoms. The predicted molar refractivity (Wildman–Crippen MR) is 79.2 cm³/mol. The summed E-state index contributed by atoms with van der Waals surface area (Å²) in [7, 11) is 0. The van der Waals surface area contributed by atoms with Gasteiger partial charge in [0, 0.05) is 11.6 Å². The molecule has 4 rings (SSSR count). The van der Waals surface area contributed by atoms with Gasteiger partial charge in [-0.2, -0.15) is 0 Å². The highest BCUT2D eigenvalue weighted by Crippen LogP contribution is 2.38. The van der Waals surface area contributed by atoms with Crippen LogP contribution < -0.4 is 10.5 Å². The number of benzene rings is 2. The molecule has 1 unspecified atom stereocenters. The Kier molecular flexibility index (Phi) is 2.59. The number of ether oxygens (including phenoxy) is 1. The van der Waals surface area contributed by atoms with E-state index < -0.39 is 5.82 Å². The van der Waals surface area contributed by atoms with Crippen molar-refractivity contribution >= 4 is 28.6 Å². The average Bonchev–Trinajstić information content (AvgIpc) is 3.00. The van der Waals surface area contributed by atoms with Gasteiger partial charge in [-0.3, -0.25) is 4.57 Å². The first kappa shape index (κ1) is 12.5. The number of hydrogen-bond donors (Lipinski definition) is 1. The number of fused-ring (bicyclic) bond motifs is 2. The first-order valence-corrected chi connectivity index (χ1v) is 6.87. The maximum atomic E-state index is 13.6. The number of halogens is 2. The number of rotatable bonds is 1. The van der Waals surface area contributed by atoms with Crippen LogP contribution >= 0.6 is 11.6 Å². The third kappa shape index (κ3) is 1.77. The number of imidazole rings is 1. The molecule has 0 saturated heterocycles. The van der Waals surface area contributed by atoms with E-state index in [1.54, 1.807) is 6.07 Å². The van der Waals surface area contributed by atoms with E-state index in [1.807, 2.05) is 28.8 Å². The molecule has 2 N–H and O–H groups in total. The second-order valence-electron chi connectivity index (χ2n) is 4.96. The van der Waals surface area contributed by atoms with Crippen molar-refractivity contribution in [2.45, 2.75) is 6.04 Å². The summed E-state index contributed by atoms with van der Waals surface area (Å²) in [6.45, 7) is 0.462. The molecule has 2 heterocycles. The van der Waals surface area contributed by atoms with Crippen molar-refractivity contribution in [2.24, 2.45) is 0 Å². The van der Waals surface area contributed by atoms with Gasteiger partial charge in [-0.15, -0.1) is 0 Å². The highest BCUT2D eigenvalue weighted by atomic mass is 35.5. The molecule has 0 saturated carbocycles. The molecule has 0 aliphatic carbocycles. The summed E-state index contributed by atoms with van der Waals surface area (Å²) >= 11 is 5.89. The second kappa shape index (κ2) is 4.36. The van der Waals surface area contributed by atoms with Gasteiger partial charge in [0.2, 0.25) is 5.95 Å². The minimum Gasteiger partial charge on any atom is -0.491 e. The number of nitrogen functional groups attached to an aromatic ring is 1. The van der Waals surface area contributed by atoms with E-state index in [-0.39, 0.29) is 11.1 Å². The fraction of sp³-hybridized carbons (Fsp3) is 0.133. The Morgan fingerprint density at radius 3 is 3.00 bits per heavy atom. The van der Waals surface area contributed by atoms with Crippen molar-refractivity contribution in [3.63, 3.8) is 0 Å². The lowest BCUT2D eigenvalue weighted by atomic mass is 10.1. The van der Waals surface area contributed by atoms with Crippen LogP contribution in [0.1, 0.15) is 11.6 Å². The van der Waals surface area contributed by atoms with Crippen LogP contribution in [-0.4, -0.2) is 16.2 Å². The molecule has 1 aliphatic rings. The van der Waals surface area contributed by atoms with Crippen LogP contribution in [0.4, 0.5) is 10.3 Å². The SMILES string of the molecule is Nc1nc2cc(F)c(Cl)cc2n1C1COc2ccccc21. The van der Waals surface area contributed by atoms with Gasteiger partial charge in [-0.1, -0.05) is 29.8 Å². The van der Waals surface area contributed by atoms with Gasteiger partial charge in [-0.05, 0) is 12.1 Å². The normalized spacial score (nSPS) is 17.0. The van der Waals surface area contributed by atoms with Crippen LogP contribution in [0, 0.1) is 5.82 Å². The van der Waals surface area contributed by atoms with Crippen LogP contribution in [0.15, 0.2) is 36.4 Å². The van der Waals surface area contributed by atoms with Gasteiger partial charge in [0.25, 0.3) is 0 Å². The van der Waals surface area contributed by atoms with Crippen molar-refractivity contribution < 1.29 is 9.13 Å². The zero-order valence-electron chi connectivity index (χ0n) is 10.9. The van der Waals surface area contributed by atoms with E-state index in [1.165, 1.54) is 6.07 Å². The monoisotopic (exact) mass is 303 g/mol. The molecule has 2 aromatic carbocycles. The van der Waals surface area contributed by atoms with Gasteiger partial charge < -0.3 is 10.5 Å². The molecule has 21 heavy (non-hydrogen) atoms. The summed E-state index contributed by atoms with van der Waals surface area (Å²) in [5.74, 6) is 0.644. The smallest absolute Gasteiger partial charge is 0.201 e. The number of anilines is 1. The largest absolute Gasteiger partial charge is 0.491 e. The van der Waals surface area contributed by atoms with Gasteiger partial charge in [0.15, 0.2) is 0 Å². The Hall–Kier alpha value is -2.27. The summed E-state index contributed by atoms with van der Waals surface area (Å²) in [5.41, 5.74) is 8.24. The molecule has 0 radical (unpaired) electrons. The number of nitrogens with zero attached hydrogens (tertiary/aromatic N) is 2. The fourth-order valence-electron chi connectivity index (χ4n) is 2.80. The summed E-state index contributed by atoms with van der Waals surface area (Å²) in [5, 5.41) is 0.0517. The van der Waals surface area contributed by atoms with Gasteiger partial charge in [-0.25, -0.2) is 9.37 Å². The molecule has 0 amide bonds. The highest BCUT2D eigenvalue weighted by molar-refractivity contribution is 6.31. The second-order valence-corrected chi connectivity index (χ2v) is 5.37. The van der Waals surface area contributed by atoms with E-state index in [9.17, 15) is 4.39 Å². The summed E-state index contributed by atoms with van der Waals surface area (Å²) in [4.78, 5) is 4.22. The van der Waals surface area contributed by atoms with E-state index in [0.717, 1.165) is 11.3 Å². The molecule has 1 aliphatic heterocycles. The zero-order valence-corrected chi connectivity index (χ0v) is 11.6. The fourth-order valence-corrected chi connectivity index (χ4v) is 2.95. The first-order valence-electron chi connectivity index (χ1n) is 6.49. The average molecular weight is 304 g/mol. The van der Waals surface area contributed by atoms with Gasteiger partial charge in [0.1, 0.15) is 18.2 Å². The minimum atomic E-state index is -0.503. The maximum absolute atomic E-state index is 13.6. The van der Waals surface area contributed by atoms with Crippen molar-refractivity contribution in [3.05, 3.63) is 52.8 Å². The number of hydrogen-bond acceptors (Lipinski definition) is 3. The molecule has 1 atom stereocenters. The molecule has 106 valence electrons. The molecular weight excluding hydrogens is 293 g/mol. The van der Waals surface area contributed by atoms with Crippen LogP contribution in [0.2, 0.25) is 5.02 Å². The van der Waals surface area contributed by atoms with Gasteiger partial charge in [0.05, 0.1) is 22.1 Å². The summed E-state index contributed by atoms with van der Waals surface area (Å²) < 4.78 is 21.1. The number of aromatic nitrogens is 2. The third-order valence-corrected chi connectivity index (χ3v) is 4.03. The van der Waals surface area contributed by atoms with E-state index in [0.29, 0.717) is 23.6 Å². The number of nitrogens with two attached hydrogens (primary N) is 1. The van der Waals surface area contributed by atoms with Crippen LogP contribution in [0.5, 0.6) is 5.75 Å². The molecule has 0 fully saturated rings. The molecule has 3 aromatic rings. The van der Waals surface area contributed by atoms with Crippen LogP contribution in [0.3, 0.4) is 0 Å². The standard InChI is InChI=1S/C15H11ClFN3O/c16-9-5-12-11(6-10(9)17)19-15(18)20(12)13-7-21-14-4-2-1-3-8(13)14/h1-6,13H,7H2,(H2,18,19). The molecule has 6 heteroatoms. The Balaban J connectivity index is 1.96. The first-order chi connectivity index (χ1) is 10.1. The quantitative estimate of drug-likeness (QED) is 0.749. The lowest BCUT2D eigenvalue weighted by Crippen LogP contribution is -2.14. The highest BCUT2D eigenvalue weighted by Gasteiger charge is 2.28. The lowest BCUT2D eigenvalue weighted by Gasteiger charge is -2.14. The van der Waals surface area contributed by atoms with Gasteiger partial charge >= 0.3 is 0 Å². The van der Waals surface area contributed by atoms with Crippen molar-refractivity contribution in [3.8, 4) is 5.75 Å². The van der Waals surface area contributed by atoms with E-state index in [2.05, 4.69) is 4.98 Å². The Morgan fingerprint density at radius 1 is 1.33 bits per heavy atom. The van der Waals surface area contributed by atoms with E-state index >= 15 is 0 Å². The molecule has 0 spiro atoms. The third-order valence-electron chi connectivity index (χ3n) is 3.75. The van der Waals surface area contributed by atoms with Crippen LogP contribution in [0.25, 0.3) is 11.0 Å². The van der Waals surface area contributed by atoms with Crippen molar-refractivity contribution in [2.75, 3.05) is 12.3 Å². The molecule has 4 nitrogen and oxygen atoms in total. The lowest BCUT2D eigenvalue weighted by molar-refractivity contribution is 0.320. The predicted octanol–water partition coefficient (Wildman–Crippen LogP) is 3.39. The minimum absolute atomic E-state index is 0.0517. The van der Waals surface area contributed by atoms with Crippen LogP contribution in [-0.2, 0) is 0 Å². The molecule has 1 aromatic heterocycles. The Morgan fingerprint density at radius 2 is 2.14 bits per heavy atom. The summed E-state index contributed by atoms with van der Waals surface area (Å²) in [6, 6.07) is 10.5. The van der Waals surface area contributed by atoms with E-state index in [4.69, 9.17) is 22.1 Å². The van der Waals surface area contributed by atoms with Crippen molar-refractivity contribution in [1.29, 1.82) is 0 Å².